The smallest absolute Gasteiger partial charge is 0.250 e. The Morgan fingerprint density at radius 2 is 1.90 bits per heavy atom. The summed E-state index contributed by atoms with van der Waals surface area (Å²) in [5.41, 5.74) is 11.7. The molecule has 0 radical (unpaired) electrons. The highest BCUT2D eigenvalue weighted by atomic mass is 16.1. The van der Waals surface area contributed by atoms with Crippen LogP contribution < -0.4 is 16.8 Å². The van der Waals surface area contributed by atoms with Gasteiger partial charge in [-0.3, -0.25) is 4.79 Å². The predicted molar refractivity (Wildman–Crippen MR) is 79.2 cm³/mol. The molecule has 1 aromatic carbocycles. The summed E-state index contributed by atoms with van der Waals surface area (Å²) in [7, 11) is 0. The molecule has 0 spiro atoms. The van der Waals surface area contributed by atoms with E-state index in [1.54, 1.807) is 18.2 Å². The minimum absolute atomic E-state index is 0.345. The van der Waals surface area contributed by atoms with Crippen molar-refractivity contribution in [3.8, 4) is 0 Å². The molecular formula is C14H19N5O. The minimum Gasteiger partial charge on any atom is -0.383 e. The number of hydrogen-bond donors (Lipinski definition) is 3. The van der Waals surface area contributed by atoms with Crippen LogP contribution in [0.3, 0.4) is 0 Å². The first-order valence-electron chi connectivity index (χ1n) is 6.70. The molecule has 1 aliphatic heterocycles. The Balaban J connectivity index is 0.000000205. The summed E-state index contributed by atoms with van der Waals surface area (Å²) >= 11 is 0. The summed E-state index contributed by atoms with van der Waals surface area (Å²) < 4.78 is 0. The monoisotopic (exact) mass is 273 g/mol. The number of nitrogens with one attached hydrogen (secondary N) is 1. The summed E-state index contributed by atoms with van der Waals surface area (Å²) in [6, 6.07) is 5.05. The van der Waals surface area contributed by atoms with Crippen molar-refractivity contribution in [3.63, 3.8) is 0 Å². The van der Waals surface area contributed by atoms with Gasteiger partial charge in [0.05, 0.1) is 11.1 Å². The molecule has 1 saturated heterocycles. The van der Waals surface area contributed by atoms with Gasteiger partial charge in [-0.1, -0.05) is 12.5 Å². The van der Waals surface area contributed by atoms with Crippen molar-refractivity contribution in [1.29, 1.82) is 0 Å². The topological polar surface area (TPSA) is 107 Å². The Hall–Kier alpha value is -2.21. The molecule has 1 fully saturated rings. The van der Waals surface area contributed by atoms with Gasteiger partial charge in [-0.2, -0.15) is 0 Å². The number of nitrogen functional groups attached to an aromatic ring is 1. The Morgan fingerprint density at radius 3 is 2.45 bits per heavy atom. The van der Waals surface area contributed by atoms with Crippen molar-refractivity contribution in [1.82, 2.24) is 15.3 Å². The van der Waals surface area contributed by atoms with Crippen molar-refractivity contribution < 1.29 is 4.79 Å². The fourth-order valence-corrected chi connectivity index (χ4v) is 2.11. The number of primary amides is 1. The van der Waals surface area contributed by atoms with E-state index in [4.69, 9.17) is 11.5 Å². The molecule has 0 saturated carbocycles. The van der Waals surface area contributed by atoms with Gasteiger partial charge in [0.2, 0.25) is 0 Å². The maximum Gasteiger partial charge on any atom is 0.250 e. The lowest BCUT2D eigenvalue weighted by Gasteiger charge is -2.08. The number of anilines is 1. The van der Waals surface area contributed by atoms with Crippen molar-refractivity contribution >= 4 is 22.6 Å². The van der Waals surface area contributed by atoms with Crippen molar-refractivity contribution in [2.75, 3.05) is 18.8 Å². The molecule has 0 atom stereocenters. The quantitative estimate of drug-likeness (QED) is 0.720. The number of rotatable bonds is 1. The summed E-state index contributed by atoms with van der Waals surface area (Å²) in [6.45, 7) is 2.50. The number of nitrogens with two attached hydrogens (primary N) is 2. The Labute approximate surface area is 117 Å². The van der Waals surface area contributed by atoms with Gasteiger partial charge in [0.25, 0.3) is 5.91 Å². The van der Waals surface area contributed by atoms with Crippen LogP contribution in [0.1, 0.15) is 29.6 Å². The number of carbonyl (C=O) groups is 1. The van der Waals surface area contributed by atoms with E-state index in [1.807, 2.05) is 0 Å². The van der Waals surface area contributed by atoms with Crippen LogP contribution in [0, 0.1) is 0 Å². The van der Waals surface area contributed by atoms with Crippen LogP contribution in [0.2, 0.25) is 0 Å². The third-order valence-corrected chi connectivity index (χ3v) is 3.17. The maximum atomic E-state index is 11.0. The molecule has 0 aliphatic carbocycles. The molecule has 20 heavy (non-hydrogen) atoms. The zero-order chi connectivity index (χ0) is 14.4. The Morgan fingerprint density at radius 1 is 1.15 bits per heavy atom. The first kappa shape index (κ1) is 14.2. The fraction of sp³-hybridized carbons (Fsp3) is 0.357. The van der Waals surface area contributed by atoms with E-state index in [-0.39, 0.29) is 0 Å². The number of amides is 1. The number of benzene rings is 1. The maximum absolute atomic E-state index is 11.0. The van der Waals surface area contributed by atoms with Gasteiger partial charge in [-0.25, -0.2) is 9.97 Å². The zero-order valence-electron chi connectivity index (χ0n) is 11.3. The van der Waals surface area contributed by atoms with Crippen molar-refractivity contribution in [2.24, 2.45) is 5.73 Å². The van der Waals surface area contributed by atoms with Crippen LogP contribution in [0.5, 0.6) is 0 Å². The molecule has 2 aromatic rings. The highest BCUT2D eigenvalue weighted by Gasteiger charge is 2.08. The van der Waals surface area contributed by atoms with E-state index in [2.05, 4.69) is 15.3 Å². The van der Waals surface area contributed by atoms with Gasteiger partial charge in [0, 0.05) is 5.39 Å². The number of fused-ring (bicyclic) bond motifs is 1. The molecule has 6 heteroatoms. The molecule has 0 bridgehead atoms. The lowest BCUT2D eigenvalue weighted by atomic mass is 10.1. The molecule has 6 nitrogen and oxygen atoms in total. The van der Waals surface area contributed by atoms with Crippen LogP contribution in [0.25, 0.3) is 10.9 Å². The summed E-state index contributed by atoms with van der Waals surface area (Å²) in [5.74, 6) is -0.174. The van der Waals surface area contributed by atoms with Gasteiger partial charge < -0.3 is 16.8 Å². The molecule has 106 valence electrons. The highest BCUT2D eigenvalue weighted by Crippen LogP contribution is 2.19. The van der Waals surface area contributed by atoms with Crippen LogP contribution >= 0.6 is 0 Å². The molecular weight excluding hydrogens is 254 g/mol. The van der Waals surface area contributed by atoms with Crippen molar-refractivity contribution in [2.45, 2.75) is 19.3 Å². The van der Waals surface area contributed by atoms with E-state index in [0.717, 1.165) is 0 Å². The highest BCUT2D eigenvalue weighted by molar-refractivity contribution is 6.06. The second kappa shape index (κ2) is 6.81. The normalized spacial score (nSPS) is 14.4. The van der Waals surface area contributed by atoms with E-state index < -0.39 is 5.91 Å². The third-order valence-electron chi connectivity index (χ3n) is 3.17. The van der Waals surface area contributed by atoms with Gasteiger partial charge >= 0.3 is 0 Å². The second-order valence-corrected chi connectivity index (χ2v) is 4.64. The Kier molecular flexibility index (Phi) is 4.84. The summed E-state index contributed by atoms with van der Waals surface area (Å²) in [6.07, 6.45) is 5.52. The largest absolute Gasteiger partial charge is 0.383 e. The molecule has 1 aliphatic rings. The van der Waals surface area contributed by atoms with E-state index in [1.165, 1.54) is 38.7 Å². The molecule has 2 heterocycles. The third kappa shape index (κ3) is 3.42. The average molecular weight is 273 g/mol. The van der Waals surface area contributed by atoms with Gasteiger partial charge in [0.1, 0.15) is 12.1 Å². The Bertz CT molecular complexity index is 584. The number of aromatic nitrogens is 2. The zero-order valence-corrected chi connectivity index (χ0v) is 11.3. The second-order valence-electron chi connectivity index (χ2n) is 4.64. The van der Waals surface area contributed by atoms with Crippen LogP contribution in [-0.4, -0.2) is 29.0 Å². The van der Waals surface area contributed by atoms with Crippen LogP contribution in [-0.2, 0) is 0 Å². The SMILES string of the molecule is C1CCNCC1.NC(=O)c1cccc2c(N)ncnc12. The molecule has 1 aromatic heterocycles. The molecule has 1 amide bonds. The van der Waals surface area contributed by atoms with E-state index >= 15 is 0 Å². The number of hydrogen-bond acceptors (Lipinski definition) is 5. The first-order chi connectivity index (χ1) is 9.70. The number of para-hydroxylation sites is 1. The molecule has 3 rings (SSSR count). The lowest BCUT2D eigenvalue weighted by molar-refractivity contribution is 0.100. The minimum atomic E-state index is -0.520. The van der Waals surface area contributed by atoms with Gasteiger partial charge in [-0.15, -0.1) is 0 Å². The fourth-order valence-electron chi connectivity index (χ4n) is 2.11. The van der Waals surface area contributed by atoms with Gasteiger partial charge in [-0.05, 0) is 38.1 Å². The molecule has 5 N–H and O–H groups in total. The predicted octanol–water partition coefficient (Wildman–Crippen LogP) is 1.07. The van der Waals surface area contributed by atoms with Crippen LogP contribution in [0.4, 0.5) is 5.82 Å². The summed E-state index contributed by atoms with van der Waals surface area (Å²) in [5, 5.41) is 3.93. The van der Waals surface area contributed by atoms with E-state index in [0.29, 0.717) is 22.3 Å². The molecule has 0 unspecified atom stereocenters. The first-order valence-corrected chi connectivity index (χ1v) is 6.70. The number of nitrogens with zero attached hydrogens (tertiary/aromatic N) is 2. The lowest BCUT2D eigenvalue weighted by Crippen LogP contribution is -2.21. The number of piperidine rings is 1. The van der Waals surface area contributed by atoms with Crippen LogP contribution in [0.15, 0.2) is 24.5 Å². The van der Waals surface area contributed by atoms with Crippen molar-refractivity contribution in [3.05, 3.63) is 30.1 Å². The number of carbonyl (C=O) groups excluding carboxylic acids is 1. The summed E-state index contributed by atoms with van der Waals surface area (Å²) in [4.78, 5) is 18.8. The van der Waals surface area contributed by atoms with Gasteiger partial charge in [0.15, 0.2) is 0 Å². The average Bonchev–Trinajstić information content (AvgIpc) is 2.49. The van der Waals surface area contributed by atoms with E-state index in [9.17, 15) is 4.79 Å². The standard InChI is InChI=1S/C9H8N4O.C5H11N/c10-8-5-2-1-3-6(9(11)14)7(5)12-4-13-8;1-2-4-6-5-3-1/h1-4H,(H2,11,14)(H2,10,12,13);6H,1-5H2.